The molecule has 1 heterocycles. The molecule has 180 valence electrons. The number of carboxylic acid groups (broad SMARTS) is 1. The fraction of sp³-hybridized carbons (Fsp3) is 0.571. The highest BCUT2D eigenvalue weighted by Gasteiger charge is 2.31. The monoisotopic (exact) mass is 461 g/mol. The van der Waals surface area contributed by atoms with Gasteiger partial charge in [0.15, 0.2) is 0 Å². The van der Waals surface area contributed by atoms with Crippen LogP contribution in [0.5, 0.6) is 5.75 Å². The topological polar surface area (TPSA) is 108 Å². The van der Waals surface area contributed by atoms with Crippen LogP contribution in [0.25, 0.3) is 0 Å². The van der Waals surface area contributed by atoms with Crippen LogP contribution < -0.4 is 15.4 Å². The third-order valence-electron chi connectivity index (χ3n) is 4.94. The highest BCUT2D eigenvalue weighted by atomic mass is 19.4. The van der Waals surface area contributed by atoms with Crippen molar-refractivity contribution in [1.82, 2.24) is 15.5 Å². The van der Waals surface area contributed by atoms with Crippen molar-refractivity contribution >= 4 is 18.3 Å². The summed E-state index contributed by atoms with van der Waals surface area (Å²) >= 11 is 0. The van der Waals surface area contributed by atoms with E-state index in [-0.39, 0.29) is 18.4 Å². The molecule has 32 heavy (non-hydrogen) atoms. The summed E-state index contributed by atoms with van der Waals surface area (Å²) in [6.45, 7) is -0.671. The van der Waals surface area contributed by atoms with E-state index in [1.54, 1.807) is 14.2 Å². The number of hydrogen-bond donors (Lipinski definition) is 3. The number of nitrogens with zero attached hydrogens (tertiary/aromatic N) is 1. The Balaban J connectivity index is 0.00000161. The normalized spacial score (nSPS) is 19.0. The first-order chi connectivity index (χ1) is 15.1. The number of amides is 2. The van der Waals surface area contributed by atoms with Crippen LogP contribution in [0, 0.1) is 5.92 Å². The molecule has 0 aliphatic carbocycles. The van der Waals surface area contributed by atoms with Crippen LogP contribution in [-0.4, -0.2) is 74.3 Å². The minimum Gasteiger partial charge on any atom is -0.496 e. The summed E-state index contributed by atoms with van der Waals surface area (Å²) in [5.74, 6) is -0.494. The Hall–Kier alpha value is -2.82. The molecule has 0 unspecified atom stereocenters. The second-order valence-corrected chi connectivity index (χ2v) is 7.51. The van der Waals surface area contributed by atoms with Gasteiger partial charge in [0.25, 0.3) is 6.47 Å². The predicted molar refractivity (Wildman–Crippen MR) is 111 cm³/mol. The van der Waals surface area contributed by atoms with Gasteiger partial charge < -0.3 is 25.4 Å². The summed E-state index contributed by atoms with van der Waals surface area (Å²) in [4.78, 5) is 34.6. The van der Waals surface area contributed by atoms with Crippen LogP contribution in [0.3, 0.4) is 0 Å². The fourth-order valence-electron chi connectivity index (χ4n) is 3.53. The maximum absolute atomic E-state index is 12.4. The number of carbonyl (C=O) groups is 3. The Labute approximate surface area is 185 Å². The van der Waals surface area contributed by atoms with Crippen molar-refractivity contribution < 1.29 is 37.4 Å². The molecule has 1 aromatic carbocycles. The maximum atomic E-state index is 12.4. The molecule has 2 rings (SSSR count). The van der Waals surface area contributed by atoms with Gasteiger partial charge in [-0.25, -0.2) is 0 Å². The number of nitrogens with one attached hydrogen (secondary N) is 2. The smallest absolute Gasteiger partial charge is 0.405 e. The summed E-state index contributed by atoms with van der Waals surface area (Å²) in [7, 11) is 3.38. The molecule has 1 saturated heterocycles. The Morgan fingerprint density at radius 3 is 2.53 bits per heavy atom. The zero-order chi connectivity index (χ0) is 24.1. The van der Waals surface area contributed by atoms with Gasteiger partial charge in [-0.1, -0.05) is 18.2 Å². The van der Waals surface area contributed by atoms with Gasteiger partial charge in [0.1, 0.15) is 12.3 Å². The summed E-state index contributed by atoms with van der Waals surface area (Å²) in [6.07, 6.45) is -2.62. The average molecular weight is 461 g/mol. The molecule has 1 fully saturated rings. The van der Waals surface area contributed by atoms with Crippen molar-refractivity contribution in [2.24, 2.45) is 5.92 Å². The number of likely N-dealkylation sites (N-methyl/N-ethyl adjacent to an activating group) is 1. The second kappa shape index (κ2) is 13.6. The quantitative estimate of drug-likeness (QED) is 0.535. The number of alkyl halides is 3. The molecule has 1 aromatic rings. The number of ether oxygens (including phenoxy) is 1. The van der Waals surface area contributed by atoms with E-state index in [0.29, 0.717) is 38.8 Å². The third-order valence-corrected chi connectivity index (χ3v) is 4.94. The summed E-state index contributed by atoms with van der Waals surface area (Å²) in [5.41, 5.74) is 0.949. The molecule has 2 atom stereocenters. The second-order valence-electron chi connectivity index (χ2n) is 7.51. The predicted octanol–water partition coefficient (Wildman–Crippen LogP) is 1.83. The molecule has 0 bridgehead atoms. The Bertz CT molecular complexity index is 746. The fourth-order valence-corrected chi connectivity index (χ4v) is 3.53. The number of carbonyl (C=O) groups excluding carboxylic acids is 2. The molecule has 0 saturated carbocycles. The van der Waals surface area contributed by atoms with Crippen molar-refractivity contribution in [3.63, 3.8) is 0 Å². The number of likely N-dealkylation sites (tertiary alicyclic amines) is 1. The molecule has 1 aliphatic rings. The maximum Gasteiger partial charge on any atom is 0.405 e. The first kappa shape index (κ1) is 27.2. The molecule has 3 N–H and O–H groups in total. The molecule has 11 heteroatoms. The van der Waals surface area contributed by atoms with E-state index in [1.807, 2.05) is 34.5 Å². The first-order valence-corrected chi connectivity index (χ1v) is 10.1. The zero-order valence-electron chi connectivity index (χ0n) is 18.2. The number of benzene rings is 1. The van der Waals surface area contributed by atoms with Crippen molar-refractivity contribution in [3.8, 4) is 5.75 Å². The Kier molecular flexibility index (Phi) is 11.5. The van der Waals surface area contributed by atoms with E-state index in [4.69, 9.17) is 14.6 Å². The lowest BCUT2D eigenvalue weighted by molar-refractivity contribution is -0.141. The van der Waals surface area contributed by atoms with E-state index < -0.39 is 24.5 Å². The molecule has 0 aromatic heterocycles. The van der Waals surface area contributed by atoms with E-state index in [0.717, 1.165) is 11.3 Å². The van der Waals surface area contributed by atoms with E-state index in [1.165, 1.54) is 0 Å². The highest BCUT2D eigenvalue weighted by Crippen LogP contribution is 2.20. The minimum atomic E-state index is -4.43. The molecule has 1 aliphatic heterocycles. The highest BCUT2D eigenvalue weighted by molar-refractivity contribution is 5.79. The zero-order valence-corrected chi connectivity index (χ0v) is 18.2. The van der Waals surface area contributed by atoms with Gasteiger partial charge in [0.05, 0.1) is 13.0 Å². The molecule has 0 radical (unpaired) electrons. The third kappa shape index (κ3) is 10.5. The lowest BCUT2D eigenvalue weighted by Crippen LogP contribution is -2.42. The molecule has 8 nitrogen and oxygen atoms in total. The van der Waals surface area contributed by atoms with E-state index in [9.17, 15) is 22.8 Å². The van der Waals surface area contributed by atoms with Crippen molar-refractivity contribution in [2.45, 2.75) is 37.9 Å². The lowest BCUT2D eigenvalue weighted by Gasteiger charge is -2.22. The number of halogens is 3. The molecular formula is C21H30F3N3O5. The number of methoxy groups -OCH3 is 1. The van der Waals surface area contributed by atoms with Crippen LogP contribution in [0.2, 0.25) is 0 Å². The lowest BCUT2D eigenvalue weighted by atomic mass is 10.0. The van der Waals surface area contributed by atoms with E-state index >= 15 is 0 Å². The first-order valence-electron chi connectivity index (χ1n) is 10.1. The van der Waals surface area contributed by atoms with Gasteiger partial charge >= 0.3 is 6.18 Å². The molecule has 0 spiro atoms. The van der Waals surface area contributed by atoms with Gasteiger partial charge in [-0.2, -0.15) is 13.2 Å². The number of hydrogen-bond acceptors (Lipinski definition) is 5. The van der Waals surface area contributed by atoms with Crippen LogP contribution in [0.4, 0.5) is 13.2 Å². The number of para-hydroxylation sites is 1. The van der Waals surface area contributed by atoms with Gasteiger partial charge in [0.2, 0.25) is 11.8 Å². The summed E-state index contributed by atoms with van der Waals surface area (Å²) < 4.78 is 42.2. The van der Waals surface area contributed by atoms with Crippen molar-refractivity contribution in [1.29, 1.82) is 0 Å². The largest absolute Gasteiger partial charge is 0.496 e. The van der Waals surface area contributed by atoms with E-state index in [2.05, 4.69) is 5.32 Å². The number of rotatable bonds is 7. The van der Waals surface area contributed by atoms with Gasteiger partial charge in [-0.05, 0) is 37.9 Å². The van der Waals surface area contributed by atoms with Crippen molar-refractivity contribution in [3.05, 3.63) is 29.8 Å². The Morgan fingerprint density at radius 2 is 1.91 bits per heavy atom. The van der Waals surface area contributed by atoms with Gasteiger partial charge in [0, 0.05) is 25.6 Å². The van der Waals surface area contributed by atoms with Gasteiger partial charge in [-0.3, -0.25) is 14.4 Å². The van der Waals surface area contributed by atoms with Crippen LogP contribution in [0.1, 0.15) is 24.8 Å². The Morgan fingerprint density at radius 1 is 1.25 bits per heavy atom. The van der Waals surface area contributed by atoms with Crippen LogP contribution >= 0.6 is 0 Å². The summed E-state index contributed by atoms with van der Waals surface area (Å²) in [5, 5.41) is 11.8. The minimum absolute atomic E-state index is 0.103. The van der Waals surface area contributed by atoms with Crippen LogP contribution in [-0.2, 0) is 20.8 Å². The average Bonchev–Trinajstić information content (AvgIpc) is 2.91. The SMILES string of the molecule is COc1ccccc1CCC(=O)N[C@H]1CC[C@@H](C(=O)NCC(F)(F)F)CN(C)C1.O=CO. The molecular weight excluding hydrogens is 431 g/mol. The van der Waals surface area contributed by atoms with Crippen molar-refractivity contribution in [2.75, 3.05) is 33.8 Å². The number of aryl methyl sites for hydroxylation is 1. The van der Waals surface area contributed by atoms with Gasteiger partial charge in [-0.15, -0.1) is 0 Å². The van der Waals surface area contributed by atoms with Crippen LogP contribution in [0.15, 0.2) is 24.3 Å². The summed E-state index contributed by atoms with van der Waals surface area (Å²) in [6, 6.07) is 7.36. The molecule has 2 amide bonds. The standard InChI is InChI=1S/C20H28F3N3O3.CH2O2/c1-26-11-15(19(28)24-13-20(21,22)23)7-9-16(12-26)25-18(27)10-8-14-5-3-4-6-17(14)29-2;2-1-3/h3-6,15-16H,7-13H2,1-2H3,(H,24,28)(H,25,27);1H,(H,2,3)/t15-,16+;/m1./s1.